The summed E-state index contributed by atoms with van der Waals surface area (Å²) in [5, 5.41) is 58.8. The van der Waals surface area contributed by atoms with E-state index in [0.717, 1.165) is 30.4 Å². The molecule has 40 heavy (non-hydrogen) atoms. The van der Waals surface area contributed by atoms with Crippen molar-refractivity contribution in [2.24, 2.45) is 16.7 Å². The third-order valence-corrected chi connectivity index (χ3v) is 6.25. The van der Waals surface area contributed by atoms with Gasteiger partial charge in [0.15, 0.2) is 0 Å². The molecule has 0 amide bonds. The molecule has 13 heteroatoms. The van der Waals surface area contributed by atoms with E-state index < -0.39 is 72.7 Å². The molecule has 1 unspecified atom stereocenters. The third kappa shape index (κ3) is 11.4. The van der Waals surface area contributed by atoms with E-state index in [1.54, 1.807) is 0 Å². The molecule has 0 aromatic heterocycles. The molecule has 6 N–H and O–H groups in total. The van der Waals surface area contributed by atoms with Crippen LogP contribution in [0.4, 0.5) is 0 Å². The maximum atomic E-state index is 11.5. The van der Waals surface area contributed by atoms with Crippen LogP contribution in [0.15, 0.2) is 61.8 Å². The van der Waals surface area contributed by atoms with Crippen molar-refractivity contribution in [2.45, 2.75) is 38.4 Å². The van der Waals surface area contributed by atoms with E-state index in [2.05, 4.69) is 13.2 Å². The van der Waals surface area contributed by atoms with Gasteiger partial charge in [-0.25, -0.2) is 24.0 Å². The monoisotopic (exact) mass is 568 g/mol. The van der Waals surface area contributed by atoms with Crippen LogP contribution in [0.2, 0.25) is 0 Å². The summed E-state index contributed by atoms with van der Waals surface area (Å²) >= 11 is 0. The average molecular weight is 569 g/mol. The first-order valence-corrected chi connectivity index (χ1v) is 12.1. The van der Waals surface area contributed by atoms with E-state index in [9.17, 15) is 54.6 Å². The topological polar surface area (TPSA) is 225 Å². The molecule has 0 heterocycles. The number of rotatable bonds is 21. The van der Waals surface area contributed by atoms with Gasteiger partial charge in [0.05, 0.1) is 13.2 Å². The molecular formula is C27H36O13. The lowest BCUT2D eigenvalue weighted by atomic mass is 9.56. The lowest BCUT2D eigenvalue weighted by Gasteiger charge is -2.48. The lowest BCUT2D eigenvalue weighted by molar-refractivity contribution is -0.182. The van der Waals surface area contributed by atoms with Gasteiger partial charge in [0, 0.05) is 54.2 Å². The Balaban J connectivity index is 6.14. The van der Waals surface area contributed by atoms with Crippen LogP contribution < -0.4 is 0 Å². The Labute approximate surface area is 231 Å². The molecule has 0 saturated heterocycles. The predicted molar refractivity (Wildman–Crippen MR) is 139 cm³/mol. The number of unbranched alkanes of at least 4 members (excludes halogenated alkanes) is 2. The zero-order valence-electron chi connectivity index (χ0n) is 21.9. The highest BCUT2D eigenvalue weighted by Gasteiger charge is 2.51. The van der Waals surface area contributed by atoms with Gasteiger partial charge in [-0.05, 0) is 18.8 Å². The maximum absolute atomic E-state index is 11.5. The number of aliphatic carboxylic acids is 3. The first-order valence-electron chi connectivity index (χ1n) is 12.1. The van der Waals surface area contributed by atoms with Crippen LogP contribution in [0, 0.1) is 16.7 Å². The molecule has 0 rings (SSSR count). The summed E-state index contributed by atoms with van der Waals surface area (Å²) < 4.78 is 9.95. The van der Waals surface area contributed by atoms with Gasteiger partial charge in [-0.2, -0.15) is 0 Å². The van der Waals surface area contributed by atoms with Crippen LogP contribution in [-0.2, 0) is 33.4 Å². The Hall–Kier alpha value is -4.07. The Morgan fingerprint density at radius 2 is 1.07 bits per heavy atom. The SMILES string of the molecule is C=CC(=O)OC(CCCCCC(CO)C(CO)(CO)C(C=CC(=O)O)(C=CC(=O)O)C=CC(=O)O)OC(=O)C=C. The van der Waals surface area contributed by atoms with Gasteiger partial charge in [0.2, 0.25) is 6.29 Å². The fourth-order valence-electron chi connectivity index (χ4n) is 4.15. The third-order valence-electron chi connectivity index (χ3n) is 6.25. The van der Waals surface area contributed by atoms with Crippen LogP contribution in [0.3, 0.4) is 0 Å². The zero-order chi connectivity index (χ0) is 30.8. The second-order valence-electron chi connectivity index (χ2n) is 8.65. The van der Waals surface area contributed by atoms with Gasteiger partial charge in [0.1, 0.15) is 0 Å². The van der Waals surface area contributed by atoms with Gasteiger partial charge >= 0.3 is 29.8 Å². The van der Waals surface area contributed by atoms with Gasteiger partial charge < -0.3 is 40.1 Å². The summed E-state index contributed by atoms with van der Waals surface area (Å²) in [6.45, 7) is 4.08. The Bertz CT molecular complexity index is 907. The molecule has 222 valence electrons. The molecule has 0 aliphatic rings. The van der Waals surface area contributed by atoms with Gasteiger partial charge in [-0.3, -0.25) is 0 Å². The number of carbonyl (C=O) groups is 5. The van der Waals surface area contributed by atoms with Crippen molar-refractivity contribution in [1.29, 1.82) is 0 Å². The van der Waals surface area contributed by atoms with E-state index in [4.69, 9.17) is 9.47 Å². The number of carboxylic acid groups (broad SMARTS) is 3. The Morgan fingerprint density at radius 3 is 1.40 bits per heavy atom. The van der Waals surface area contributed by atoms with Gasteiger partial charge in [-0.15, -0.1) is 0 Å². The molecule has 0 fully saturated rings. The van der Waals surface area contributed by atoms with Crippen molar-refractivity contribution in [3.8, 4) is 0 Å². The summed E-state index contributed by atoms with van der Waals surface area (Å²) in [5.41, 5.74) is -3.82. The normalized spacial score (nSPS) is 14.2. The smallest absolute Gasteiger partial charge is 0.333 e. The highest BCUT2D eigenvalue weighted by molar-refractivity contribution is 5.83. The van der Waals surface area contributed by atoms with Crippen LogP contribution in [0.25, 0.3) is 0 Å². The fraction of sp³-hybridized carbons (Fsp3) is 0.444. The summed E-state index contributed by atoms with van der Waals surface area (Å²) in [6.07, 6.45) is 6.53. The number of aliphatic hydroxyl groups excluding tert-OH is 3. The van der Waals surface area contributed by atoms with Crippen molar-refractivity contribution in [3.63, 3.8) is 0 Å². The number of carbonyl (C=O) groups excluding carboxylic acids is 2. The molecule has 1 atom stereocenters. The number of ether oxygens (including phenoxy) is 2. The van der Waals surface area contributed by atoms with E-state index in [0.29, 0.717) is 37.5 Å². The summed E-state index contributed by atoms with van der Waals surface area (Å²) in [7, 11) is 0. The van der Waals surface area contributed by atoms with E-state index >= 15 is 0 Å². The molecule has 0 aliphatic heterocycles. The van der Waals surface area contributed by atoms with Crippen molar-refractivity contribution >= 4 is 29.8 Å². The number of esters is 2. The van der Waals surface area contributed by atoms with E-state index in [-0.39, 0.29) is 12.8 Å². The second kappa shape index (κ2) is 18.3. The lowest BCUT2D eigenvalue weighted by Crippen LogP contribution is -2.51. The average Bonchev–Trinajstić information content (AvgIpc) is 2.91. The van der Waals surface area contributed by atoms with Gasteiger partial charge in [0.25, 0.3) is 0 Å². The summed E-state index contributed by atoms with van der Waals surface area (Å²) in [4.78, 5) is 57.0. The highest BCUT2D eigenvalue weighted by Crippen LogP contribution is 2.50. The number of carboxylic acids is 3. The largest absolute Gasteiger partial charge is 0.478 e. The maximum Gasteiger partial charge on any atom is 0.333 e. The highest BCUT2D eigenvalue weighted by atomic mass is 16.7. The number of hydrogen-bond donors (Lipinski definition) is 6. The predicted octanol–water partition coefficient (Wildman–Crippen LogP) is 1.21. The molecule has 0 spiro atoms. The zero-order valence-corrected chi connectivity index (χ0v) is 21.9. The van der Waals surface area contributed by atoms with E-state index in [1.807, 2.05) is 0 Å². The van der Waals surface area contributed by atoms with Crippen LogP contribution >= 0.6 is 0 Å². The number of aliphatic hydroxyl groups is 3. The molecule has 13 nitrogen and oxygen atoms in total. The van der Waals surface area contributed by atoms with Crippen LogP contribution in [0.5, 0.6) is 0 Å². The quantitative estimate of drug-likeness (QED) is 0.0496. The Morgan fingerprint density at radius 1 is 0.675 bits per heavy atom. The van der Waals surface area contributed by atoms with Crippen molar-refractivity contribution in [1.82, 2.24) is 0 Å². The molecule has 0 aromatic rings. The Kier molecular flexibility index (Phi) is 16.4. The van der Waals surface area contributed by atoms with Crippen LogP contribution in [-0.4, -0.2) is 86.6 Å². The number of hydrogen-bond acceptors (Lipinski definition) is 10. The first kappa shape index (κ1) is 35.9. The fourth-order valence-corrected chi connectivity index (χ4v) is 4.15. The molecule has 0 saturated carbocycles. The first-order chi connectivity index (χ1) is 18.9. The van der Waals surface area contributed by atoms with Crippen molar-refractivity contribution < 1.29 is 64.1 Å². The molecule has 0 bridgehead atoms. The van der Waals surface area contributed by atoms with Crippen molar-refractivity contribution in [2.75, 3.05) is 19.8 Å². The van der Waals surface area contributed by atoms with Gasteiger partial charge in [-0.1, -0.05) is 44.2 Å². The summed E-state index contributed by atoms with van der Waals surface area (Å²) in [6, 6.07) is 0. The van der Waals surface area contributed by atoms with Crippen molar-refractivity contribution in [3.05, 3.63) is 61.8 Å². The molecule has 0 aromatic carbocycles. The number of allylic oxidation sites excluding steroid dienone is 3. The minimum atomic E-state index is -1.97. The van der Waals surface area contributed by atoms with E-state index in [1.165, 1.54) is 0 Å². The molecular weight excluding hydrogens is 532 g/mol. The minimum Gasteiger partial charge on any atom is -0.478 e. The van der Waals surface area contributed by atoms with Crippen LogP contribution in [0.1, 0.15) is 32.1 Å². The minimum absolute atomic E-state index is 0.0993. The second-order valence-corrected chi connectivity index (χ2v) is 8.65. The molecule has 0 aliphatic carbocycles. The standard InChI is InChI=1S/C27H36O13/c1-3-23(37)39-25(40-24(38)4-2)9-7-5-6-8-19(16-28)27(17-29,18-30)26(13-10-20(31)32,14-11-21(33)34)15-12-22(35)36/h3-4,10-15,19,25,28-30H,1-2,5-9,16-18H2,(H,31,32)(H,33,34)(H,35,36). The summed E-state index contributed by atoms with van der Waals surface area (Å²) in [5.74, 6) is -7.02. The molecule has 0 radical (unpaired) electrons.